The van der Waals surface area contributed by atoms with E-state index in [9.17, 15) is 19.8 Å². The predicted octanol–water partition coefficient (Wildman–Crippen LogP) is 0.879. The van der Waals surface area contributed by atoms with E-state index in [1.54, 1.807) is 17.6 Å². The molecule has 4 heterocycles. The van der Waals surface area contributed by atoms with Crippen LogP contribution in [0.1, 0.15) is 53.6 Å². The summed E-state index contributed by atoms with van der Waals surface area (Å²) in [6.45, 7) is 2.66. The number of nitrogens with zero attached hydrogens (tertiary/aromatic N) is 3. The molecule has 3 aliphatic rings. The number of likely N-dealkylation sites (N-methyl/N-ethyl adjacent to an activating group) is 1. The van der Waals surface area contributed by atoms with Crippen LogP contribution in [0.15, 0.2) is 16.9 Å². The lowest BCUT2D eigenvalue weighted by atomic mass is 9.82. The number of hydrogen-bond donors (Lipinski definition) is 2. The Morgan fingerprint density at radius 3 is 2.81 bits per heavy atom. The second-order valence-electron chi connectivity index (χ2n) is 9.11. The molecule has 164 valence electrons. The molecule has 2 aromatic heterocycles. The fourth-order valence-electron chi connectivity index (χ4n) is 5.20. The Morgan fingerprint density at radius 2 is 2.10 bits per heavy atom. The minimum absolute atomic E-state index is 0.0265. The normalized spacial score (nSPS) is 26.2. The number of carbonyl (C=O) groups is 1. The first kappa shape index (κ1) is 20.4. The van der Waals surface area contributed by atoms with Crippen LogP contribution in [0.4, 0.5) is 0 Å². The highest BCUT2D eigenvalue weighted by molar-refractivity contribution is 5.84. The Kier molecular flexibility index (Phi) is 4.58. The van der Waals surface area contributed by atoms with Gasteiger partial charge in [-0.25, -0.2) is 4.79 Å². The van der Waals surface area contributed by atoms with Crippen LogP contribution in [0.2, 0.25) is 0 Å². The first-order chi connectivity index (χ1) is 14.7. The zero-order valence-corrected chi connectivity index (χ0v) is 18.0. The Morgan fingerprint density at radius 1 is 1.32 bits per heavy atom. The van der Waals surface area contributed by atoms with Crippen molar-refractivity contribution in [1.82, 2.24) is 14.5 Å². The Balaban J connectivity index is 1.67. The molecule has 0 spiro atoms. The molecule has 1 aliphatic carbocycles. The molecule has 0 amide bonds. The zero-order chi connectivity index (χ0) is 22.1. The Bertz CT molecular complexity index is 1150. The zero-order valence-electron chi connectivity index (χ0n) is 18.0. The first-order valence-corrected chi connectivity index (χ1v) is 10.8. The van der Waals surface area contributed by atoms with Gasteiger partial charge >= 0.3 is 5.97 Å². The van der Waals surface area contributed by atoms with E-state index in [0.29, 0.717) is 36.2 Å². The van der Waals surface area contributed by atoms with Crippen molar-refractivity contribution in [2.45, 2.75) is 57.0 Å². The number of aliphatic hydroxyl groups excluding tert-OH is 1. The van der Waals surface area contributed by atoms with Crippen molar-refractivity contribution in [3.05, 3.63) is 50.4 Å². The van der Waals surface area contributed by atoms with Gasteiger partial charge in [0, 0.05) is 29.3 Å². The summed E-state index contributed by atoms with van der Waals surface area (Å²) < 4.78 is 6.77. The van der Waals surface area contributed by atoms with Gasteiger partial charge in [0.05, 0.1) is 29.6 Å². The number of esters is 1. The number of pyridine rings is 2. The molecule has 0 saturated heterocycles. The minimum atomic E-state index is -1.82. The van der Waals surface area contributed by atoms with E-state index in [2.05, 4.69) is 11.0 Å². The Labute approximate surface area is 180 Å². The number of rotatable bonds is 3. The van der Waals surface area contributed by atoms with Crippen LogP contribution in [0.25, 0.3) is 11.4 Å². The van der Waals surface area contributed by atoms with Gasteiger partial charge in [0.25, 0.3) is 5.56 Å². The highest BCUT2D eigenvalue weighted by Gasteiger charge is 2.45. The van der Waals surface area contributed by atoms with Crippen LogP contribution in [0.5, 0.6) is 0 Å². The van der Waals surface area contributed by atoms with E-state index in [0.717, 1.165) is 29.1 Å². The van der Waals surface area contributed by atoms with Crippen molar-refractivity contribution >= 4 is 5.97 Å². The van der Waals surface area contributed by atoms with Gasteiger partial charge < -0.3 is 24.4 Å². The second kappa shape index (κ2) is 6.98. The fraction of sp³-hybridized carbons (Fsp3) is 0.522. The van der Waals surface area contributed by atoms with E-state index in [4.69, 9.17) is 9.72 Å². The molecule has 0 radical (unpaired) electrons. The van der Waals surface area contributed by atoms with Gasteiger partial charge in [-0.05, 0) is 51.1 Å². The molecule has 2 aliphatic heterocycles. The number of carbonyl (C=O) groups excluding carboxylic acids is 1. The van der Waals surface area contributed by atoms with Crippen molar-refractivity contribution in [3.8, 4) is 11.4 Å². The SMILES string of the molecule is CC[C@@]1(O)C(=O)OCc2c1cc1n(c2=O)Cc2cc3c(nc2-1)CC[C@@H](O)[C@H]3CN(C)C. The molecule has 0 fully saturated rings. The van der Waals surface area contributed by atoms with E-state index in [1.807, 2.05) is 14.1 Å². The van der Waals surface area contributed by atoms with Crippen molar-refractivity contribution < 1.29 is 19.7 Å². The minimum Gasteiger partial charge on any atom is -0.458 e. The van der Waals surface area contributed by atoms with Crippen LogP contribution >= 0.6 is 0 Å². The van der Waals surface area contributed by atoms with Crippen LogP contribution in [0, 0.1) is 0 Å². The lowest BCUT2D eigenvalue weighted by Crippen LogP contribution is -2.44. The third-order valence-electron chi connectivity index (χ3n) is 6.93. The monoisotopic (exact) mass is 425 g/mol. The molecule has 0 saturated carbocycles. The molecule has 5 rings (SSSR count). The van der Waals surface area contributed by atoms with E-state index in [-0.39, 0.29) is 24.5 Å². The molecule has 8 nitrogen and oxygen atoms in total. The summed E-state index contributed by atoms with van der Waals surface area (Å²) in [4.78, 5) is 32.5. The molecule has 2 aromatic rings. The standard InChI is InChI=1S/C23H27N3O5/c1-4-23(30)16-8-18-20-12(9-26(18)21(28)15(16)11-31-22(23)29)7-13-14(10-25(2)3)19(27)6-5-17(13)24-20/h7-8,14,19,27,30H,4-6,9-11H2,1-3H3/t14-,19+,23-/m0/s1. The van der Waals surface area contributed by atoms with Gasteiger partial charge in [-0.2, -0.15) is 0 Å². The predicted molar refractivity (Wildman–Crippen MR) is 113 cm³/mol. The van der Waals surface area contributed by atoms with Gasteiger partial charge in [0.2, 0.25) is 0 Å². The van der Waals surface area contributed by atoms with Crippen LogP contribution in [0.3, 0.4) is 0 Å². The van der Waals surface area contributed by atoms with Gasteiger partial charge in [-0.1, -0.05) is 6.92 Å². The molecule has 31 heavy (non-hydrogen) atoms. The molecular weight excluding hydrogens is 398 g/mol. The van der Waals surface area contributed by atoms with E-state index >= 15 is 0 Å². The number of aryl methyl sites for hydroxylation is 1. The number of aromatic nitrogens is 2. The molecule has 3 atom stereocenters. The smallest absolute Gasteiger partial charge is 0.343 e. The quantitative estimate of drug-likeness (QED) is 0.600. The van der Waals surface area contributed by atoms with Gasteiger partial charge in [0.1, 0.15) is 6.61 Å². The largest absolute Gasteiger partial charge is 0.458 e. The maximum atomic E-state index is 13.3. The van der Waals surface area contributed by atoms with Crippen molar-refractivity contribution in [1.29, 1.82) is 0 Å². The second-order valence-corrected chi connectivity index (χ2v) is 9.11. The summed E-state index contributed by atoms with van der Waals surface area (Å²) in [5, 5.41) is 21.6. The van der Waals surface area contributed by atoms with Gasteiger partial charge in [0.15, 0.2) is 5.60 Å². The number of cyclic esters (lactones) is 1. The number of fused-ring (bicyclic) bond motifs is 5. The Hall–Kier alpha value is -2.55. The van der Waals surface area contributed by atoms with Gasteiger partial charge in [-0.15, -0.1) is 0 Å². The fourth-order valence-corrected chi connectivity index (χ4v) is 5.20. The lowest BCUT2D eigenvalue weighted by Gasteiger charge is -2.32. The van der Waals surface area contributed by atoms with Crippen molar-refractivity contribution in [2.24, 2.45) is 0 Å². The van der Waals surface area contributed by atoms with Crippen LogP contribution in [-0.4, -0.2) is 57.4 Å². The summed E-state index contributed by atoms with van der Waals surface area (Å²) >= 11 is 0. The van der Waals surface area contributed by atoms with Gasteiger partial charge in [-0.3, -0.25) is 9.78 Å². The molecular formula is C23H27N3O5. The lowest BCUT2D eigenvalue weighted by molar-refractivity contribution is -0.172. The number of hydrogen-bond acceptors (Lipinski definition) is 7. The topological polar surface area (TPSA) is 105 Å². The molecule has 0 bridgehead atoms. The van der Waals surface area contributed by atoms with Crippen molar-refractivity contribution in [3.63, 3.8) is 0 Å². The average Bonchev–Trinajstić information content (AvgIpc) is 3.10. The summed E-state index contributed by atoms with van der Waals surface area (Å²) in [7, 11) is 3.97. The summed E-state index contributed by atoms with van der Waals surface area (Å²) in [5.74, 6) is -0.745. The highest BCUT2D eigenvalue weighted by Crippen LogP contribution is 2.40. The summed E-state index contributed by atoms with van der Waals surface area (Å²) in [6, 6.07) is 3.81. The van der Waals surface area contributed by atoms with E-state index in [1.165, 1.54) is 0 Å². The molecule has 8 heteroatoms. The maximum Gasteiger partial charge on any atom is 0.343 e. The van der Waals surface area contributed by atoms with E-state index < -0.39 is 17.7 Å². The highest BCUT2D eigenvalue weighted by atomic mass is 16.6. The summed E-state index contributed by atoms with van der Waals surface area (Å²) in [6.07, 6.45) is 1.02. The average molecular weight is 425 g/mol. The first-order valence-electron chi connectivity index (χ1n) is 10.8. The third-order valence-corrected chi connectivity index (χ3v) is 6.93. The summed E-state index contributed by atoms with van der Waals surface area (Å²) in [5.41, 5.74) is 2.83. The number of aliphatic hydroxyl groups is 2. The molecule has 2 N–H and O–H groups in total. The molecule has 0 aromatic carbocycles. The third kappa shape index (κ3) is 2.89. The maximum absolute atomic E-state index is 13.3. The number of ether oxygens (including phenoxy) is 1. The molecule has 0 unspecified atom stereocenters. The van der Waals surface area contributed by atoms with Crippen molar-refractivity contribution in [2.75, 3.05) is 20.6 Å². The van der Waals surface area contributed by atoms with Crippen LogP contribution < -0.4 is 5.56 Å². The van der Waals surface area contributed by atoms with Crippen LogP contribution in [-0.2, 0) is 34.7 Å².